The van der Waals surface area contributed by atoms with E-state index in [0.29, 0.717) is 0 Å². The van der Waals surface area contributed by atoms with Crippen molar-refractivity contribution in [3.05, 3.63) is 11.3 Å². The summed E-state index contributed by atoms with van der Waals surface area (Å²) in [5, 5.41) is 2.44. The monoisotopic (exact) mass is 169 g/mol. The van der Waals surface area contributed by atoms with Crippen LogP contribution in [0.5, 0.6) is 0 Å². The number of carbonyl (C=O) groups is 2. The number of cyclic esters (lactones) is 1. The molecule has 1 aliphatic heterocycles. The summed E-state index contributed by atoms with van der Waals surface area (Å²) >= 11 is 0. The number of esters is 1. The van der Waals surface area contributed by atoms with Gasteiger partial charge in [0.25, 0.3) is 0 Å². The van der Waals surface area contributed by atoms with Crippen LogP contribution in [-0.4, -0.2) is 18.0 Å². The van der Waals surface area contributed by atoms with E-state index >= 15 is 0 Å². The molecule has 4 heteroatoms. The summed E-state index contributed by atoms with van der Waals surface area (Å²) in [5.41, 5.74) is 1.06. The fraction of sp³-hybridized carbons (Fsp3) is 0.500. The SMILES string of the molecule is CC(=O)NC1=C(C)[C@H](C)OC1=O. The third-order valence-electron chi connectivity index (χ3n) is 1.79. The number of amides is 1. The molecule has 1 atom stereocenters. The molecule has 1 amide bonds. The normalized spacial score (nSPS) is 22.6. The van der Waals surface area contributed by atoms with Crippen molar-refractivity contribution in [2.45, 2.75) is 26.9 Å². The van der Waals surface area contributed by atoms with Crippen LogP contribution in [0.25, 0.3) is 0 Å². The number of rotatable bonds is 1. The van der Waals surface area contributed by atoms with E-state index in [0.717, 1.165) is 5.57 Å². The third-order valence-corrected chi connectivity index (χ3v) is 1.79. The predicted molar refractivity (Wildman–Crippen MR) is 42.1 cm³/mol. The highest BCUT2D eigenvalue weighted by atomic mass is 16.5. The highest BCUT2D eigenvalue weighted by Gasteiger charge is 2.28. The molecule has 0 aromatic rings. The molecule has 0 aromatic heterocycles. The van der Waals surface area contributed by atoms with Crippen molar-refractivity contribution in [3.63, 3.8) is 0 Å². The maximum Gasteiger partial charge on any atom is 0.355 e. The Hall–Kier alpha value is -1.32. The van der Waals surface area contributed by atoms with Crippen LogP contribution in [0.4, 0.5) is 0 Å². The van der Waals surface area contributed by atoms with Gasteiger partial charge in [0, 0.05) is 6.92 Å². The van der Waals surface area contributed by atoms with Crippen LogP contribution in [0.15, 0.2) is 11.3 Å². The molecule has 0 saturated heterocycles. The topological polar surface area (TPSA) is 55.4 Å². The first-order valence-electron chi connectivity index (χ1n) is 3.71. The molecule has 1 aliphatic rings. The van der Waals surface area contributed by atoms with E-state index in [2.05, 4.69) is 5.32 Å². The zero-order valence-electron chi connectivity index (χ0n) is 7.30. The summed E-state index contributed by atoms with van der Waals surface area (Å²) in [6, 6.07) is 0. The number of carbonyl (C=O) groups excluding carboxylic acids is 2. The number of hydrogen-bond donors (Lipinski definition) is 1. The number of ether oxygens (including phenoxy) is 1. The molecule has 0 fully saturated rings. The van der Waals surface area contributed by atoms with Crippen LogP contribution >= 0.6 is 0 Å². The average Bonchev–Trinajstić information content (AvgIpc) is 2.16. The van der Waals surface area contributed by atoms with Crippen molar-refractivity contribution in [3.8, 4) is 0 Å². The Morgan fingerprint density at radius 1 is 1.58 bits per heavy atom. The van der Waals surface area contributed by atoms with Crippen LogP contribution in [0, 0.1) is 0 Å². The van der Waals surface area contributed by atoms with Crippen molar-refractivity contribution in [1.82, 2.24) is 5.32 Å². The molecule has 0 aliphatic carbocycles. The van der Waals surface area contributed by atoms with Crippen molar-refractivity contribution in [1.29, 1.82) is 0 Å². The van der Waals surface area contributed by atoms with Gasteiger partial charge < -0.3 is 10.1 Å². The quantitative estimate of drug-likeness (QED) is 0.576. The van der Waals surface area contributed by atoms with Crippen LogP contribution in [0.3, 0.4) is 0 Å². The first-order chi connectivity index (χ1) is 5.52. The lowest BCUT2D eigenvalue weighted by molar-refractivity contribution is -0.140. The van der Waals surface area contributed by atoms with Gasteiger partial charge in [-0.2, -0.15) is 0 Å². The van der Waals surface area contributed by atoms with Gasteiger partial charge in [0.2, 0.25) is 5.91 Å². The van der Waals surface area contributed by atoms with E-state index in [9.17, 15) is 9.59 Å². The van der Waals surface area contributed by atoms with E-state index in [1.807, 2.05) is 0 Å². The Morgan fingerprint density at radius 3 is 2.50 bits per heavy atom. The van der Waals surface area contributed by atoms with E-state index in [1.54, 1.807) is 13.8 Å². The molecule has 0 unspecified atom stereocenters. The molecular formula is C8H11NO3. The summed E-state index contributed by atoms with van der Waals surface area (Å²) in [6.07, 6.45) is -0.223. The Labute approximate surface area is 70.6 Å². The highest BCUT2D eigenvalue weighted by molar-refractivity contribution is 5.96. The minimum absolute atomic E-state index is 0.223. The van der Waals surface area contributed by atoms with Crippen molar-refractivity contribution >= 4 is 11.9 Å². The molecule has 4 nitrogen and oxygen atoms in total. The smallest absolute Gasteiger partial charge is 0.355 e. The van der Waals surface area contributed by atoms with E-state index < -0.39 is 5.97 Å². The summed E-state index contributed by atoms with van der Waals surface area (Å²) in [6.45, 7) is 4.89. The zero-order chi connectivity index (χ0) is 9.30. The molecule has 1 rings (SSSR count). The Kier molecular flexibility index (Phi) is 2.17. The number of hydrogen-bond acceptors (Lipinski definition) is 3. The van der Waals surface area contributed by atoms with Gasteiger partial charge >= 0.3 is 5.97 Å². The summed E-state index contributed by atoms with van der Waals surface area (Å²) in [5.74, 6) is -0.703. The third kappa shape index (κ3) is 1.47. The van der Waals surface area contributed by atoms with Gasteiger partial charge in [0.15, 0.2) is 0 Å². The first-order valence-corrected chi connectivity index (χ1v) is 3.71. The molecule has 1 N–H and O–H groups in total. The molecule has 0 saturated carbocycles. The molecule has 12 heavy (non-hydrogen) atoms. The molecule has 0 bridgehead atoms. The lowest BCUT2D eigenvalue weighted by Gasteiger charge is -2.00. The lowest BCUT2D eigenvalue weighted by atomic mass is 10.2. The zero-order valence-corrected chi connectivity index (χ0v) is 7.30. The van der Waals surface area contributed by atoms with Crippen molar-refractivity contribution in [2.24, 2.45) is 0 Å². The van der Waals surface area contributed by atoms with Gasteiger partial charge in [-0.05, 0) is 19.4 Å². The van der Waals surface area contributed by atoms with Gasteiger partial charge in [-0.3, -0.25) is 4.79 Å². The summed E-state index contributed by atoms with van der Waals surface area (Å²) in [7, 11) is 0. The fourth-order valence-electron chi connectivity index (χ4n) is 0.998. The molecule has 0 radical (unpaired) electrons. The largest absolute Gasteiger partial charge is 0.453 e. The number of nitrogens with one attached hydrogen (secondary N) is 1. The van der Waals surface area contributed by atoms with Gasteiger partial charge in [-0.25, -0.2) is 4.79 Å². The second-order valence-corrected chi connectivity index (χ2v) is 2.79. The molecular weight excluding hydrogens is 158 g/mol. The second-order valence-electron chi connectivity index (χ2n) is 2.79. The van der Waals surface area contributed by atoms with E-state index in [-0.39, 0.29) is 17.7 Å². The summed E-state index contributed by atoms with van der Waals surface area (Å²) < 4.78 is 4.86. The molecule has 1 heterocycles. The van der Waals surface area contributed by atoms with Crippen LogP contribution in [-0.2, 0) is 14.3 Å². The van der Waals surface area contributed by atoms with Gasteiger partial charge in [0.1, 0.15) is 11.8 Å². The molecule has 0 spiro atoms. The van der Waals surface area contributed by atoms with E-state index in [4.69, 9.17) is 4.74 Å². The van der Waals surface area contributed by atoms with Crippen molar-refractivity contribution < 1.29 is 14.3 Å². The molecule has 0 aromatic carbocycles. The van der Waals surface area contributed by atoms with E-state index in [1.165, 1.54) is 6.92 Å². The Bertz CT molecular complexity index is 267. The van der Waals surface area contributed by atoms with Crippen LogP contribution in [0.1, 0.15) is 20.8 Å². The standard InChI is InChI=1S/C8H11NO3/c1-4-5(2)12-8(11)7(4)9-6(3)10/h5H,1-3H3,(H,9,10)/t5-/m0/s1. The van der Waals surface area contributed by atoms with Gasteiger partial charge in [-0.1, -0.05) is 0 Å². The molecule has 66 valence electrons. The Morgan fingerprint density at radius 2 is 2.17 bits per heavy atom. The maximum atomic E-state index is 11.0. The maximum absolute atomic E-state index is 11.0. The fourth-order valence-corrected chi connectivity index (χ4v) is 0.998. The highest BCUT2D eigenvalue weighted by Crippen LogP contribution is 2.19. The second kappa shape index (κ2) is 2.97. The Balaban J connectivity index is 2.85. The van der Waals surface area contributed by atoms with Crippen LogP contribution < -0.4 is 5.32 Å². The van der Waals surface area contributed by atoms with Gasteiger partial charge in [0.05, 0.1) is 0 Å². The van der Waals surface area contributed by atoms with Gasteiger partial charge in [-0.15, -0.1) is 0 Å². The summed E-state index contributed by atoms with van der Waals surface area (Å²) in [4.78, 5) is 21.7. The first kappa shape index (κ1) is 8.77. The minimum Gasteiger partial charge on any atom is -0.453 e. The van der Waals surface area contributed by atoms with Crippen molar-refractivity contribution in [2.75, 3.05) is 0 Å². The predicted octanol–water partition coefficient (Wildman–Crippen LogP) is 0.342. The minimum atomic E-state index is -0.449. The lowest BCUT2D eigenvalue weighted by Crippen LogP contribution is -2.23. The average molecular weight is 169 g/mol. The van der Waals surface area contributed by atoms with Crippen LogP contribution in [0.2, 0.25) is 0 Å².